The summed E-state index contributed by atoms with van der Waals surface area (Å²) in [6, 6.07) is 9.98. The maximum atomic E-state index is 11.8. The van der Waals surface area contributed by atoms with Crippen molar-refractivity contribution in [2.75, 3.05) is 11.5 Å². The maximum Gasteiger partial charge on any atom is 0.333 e. The molecule has 0 aliphatic carbocycles. The van der Waals surface area contributed by atoms with E-state index in [1.807, 2.05) is 53.9 Å². The van der Waals surface area contributed by atoms with Crippen LogP contribution in [0.25, 0.3) is 0 Å². The minimum atomic E-state index is -0.305. The Morgan fingerprint density at radius 3 is 2.53 bits per heavy atom. The van der Waals surface area contributed by atoms with Crippen molar-refractivity contribution in [3.63, 3.8) is 0 Å². The van der Waals surface area contributed by atoms with Gasteiger partial charge in [-0.1, -0.05) is 36.9 Å². The van der Waals surface area contributed by atoms with Crippen molar-refractivity contribution in [3.05, 3.63) is 48.0 Å². The number of carbonyl (C=O) groups is 1. The van der Waals surface area contributed by atoms with Gasteiger partial charge >= 0.3 is 5.97 Å². The molecule has 1 aliphatic rings. The van der Waals surface area contributed by atoms with Gasteiger partial charge in [0, 0.05) is 5.57 Å². The minimum Gasteiger partial charge on any atom is -0.452 e. The van der Waals surface area contributed by atoms with Crippen LogP contribution in [0.2, 0.25) is 0 Å². The molecule has 1 aliphatic heterocycles. The predicted octanol–water partition coefficient (Wildman–Crippen LogP) is 4.04. The molecule has 0 aromatic heterocycles. The van der Waals surface area contributed by atoms with Crippen molar-refractivity contribution < 1.29 is 9.53 Å². The fourth-order valence-corrected chi connectivity index (χ4v) is 4.83. The first-order chi connectivity index (χ1) is 9.18. The number of rotatable bonds is 4. The van der Waals surface area contributed by atoms with Crippen LogP contribution in [0.5, 0.6) is 0 Å². The van der Waals surface area contributed by atoms with Gasteiger partial charge in [0.2, 0.25) is 0 Å². The van der Waals surface area contributed by atoms with Crippen molar-refractivity contribution in [2.24, 2.45) is 0 Å². The lowest BCUT2D eigenvalue weighted by atomic mass is 10.1. The highest BCUT2D eigenvalue weighted by Crippen LogP contribution is 2.41. The summed E-state index contributed by atoms with van der Waals surface area (Å²) in [5.74, 6) is 1.96. The average Bonchev–Trinajstić information content (AvgIpc) is 2.46. The number of thioether (sulfide) groups is 2. The lowest BCUT2D eigenvalue weighted by Crippen LogP contribution is -2.22. The van der Waals surface area contributed by atoms with Crippen molar-refractivity contribution >= 4 is 29.5 Å². The topological polar surface area (TPSA) is 26.3 Å². The molecule has 1 saturated heterocycles. The molecule has 0 bridgehead atoms. The number of esters is 1. The van der Waals surface area contributed by atoms with E-state index in [0.29, 0.717) is 5.57 Å². The van der Waals surface area contributed by atoms with Gasteiger partial charge in [-0.15, -0.1) is 23.5 Å². The molecule has 4 heteroatoms. The first kappa shape index (κ1) is 14.5. The Balaban J connectivity index is 2.17. The van der Waals surface area contributed by atoms with Crippen LogP contribution >= 0.6 is 23.5 Å². The van der Waals surface area contributed by atoms with Crippen LogP contribution in [0, 0.1) is 0 Å². The van der Waals surface area contributed by atoms with Gasteiger partial charge in [-0.05, 0) is 30.4 Å². The third kappa shape index (κ3) is 4.05. The fraction of sp³-hybridized carbons (Fsp3) is 0.400. The van der Waals surface area contributed by atoms with Crippen molar-refractivity contribution in [2.45, 2.75) is 24.0 Å². The van der Waals surface area contributed by atoms with Gasteiger partial charge in [0.25, 0.3) is 0 Å². The van der Waals surface area contributed by atoms with Gasteiger partial charge in [0.15, 0.2) is 0 Å². The van der Waals surface area contributed by atoms with E-state index in [-0.39, 0.29) is 16.7 Å². The Morgan fingerprint density at radius 2 is 1.95 bits per heavy atom. The van der Waals surface area contributed by atoms with E-state index in [2.05, 4.69) is 6.58 Å². The first-order valence-electron chi connectivity index (χ1n) is 6.33. The van der Waals surface area contributed by atoms with E-state index < -0.39 is 0 Å². The molecule has 0 radical (unpaired) electrons. The van der Waals surface area contributed by atoms with Gasteiger partial charge in [-0.2, -0.15) is 0 Å². The van der Waals surface area contributed by atoms with E-state index in [0.717, 1.165) is 17.1 Å². The Hall–Kier alpha value is -0.870. The zero-order chi connectivity index (χ0) is 13.7. The molecule has 0 N–H and O–H groups in total. The average molecular weight is 294 g/mol. The SMILES string of the molecule is C=C(C)C(=O)OC(c1ccccc1)C1SCCCS1. The molecular weight excluding hydrogens is 276 g/mol. The molecule has 2 rings (SSSR count). The molecule has 0 spiro atoms. The van der Waals surface area contributed by atoms with Crippen LogP contribution in [0.15, 0.2) is 42.5 Å². The minimum absolute atomic E-state index is 0.194. The van der Waals surface area contributed by atoms with Gasteiger partial charge in [-0.25, -0.2) is 4.79 Å². The molecule has 1 unspecified atom stereocenters. The van der Waals surface area contributed by atoms with Crippen molar-refractivity contribution in [1.82, 2.24) is 0 Å². The number of hydrogen-bond acceptors (Lipinski definition) is 4. The summed E-state index contributed by atoms with van der Waals surface area (Å²) in [6.07, 6.45) is 1.03. The summed E-state index contributed by atoms with van der Waals surface area (Å²) in [5, 5.41) is 0. The summed E-state index contributed by atoms with van der Waals surface area (Å²) >= 11 is 3.75. The third-order valence-corrected chi connectivity index (χ3v) is 5.83. The molecular formula is C15H18O2S2. The Bertz CT molecular complexity index is 439. The molecule has 1 fully saturated rings. The molecule has 2 nitrogen and oxygen atoms in total. The lowest BCUT2D eigenvalue weighted by molar-refractivity contribution is -0.143. The molecule has 1 aromatic rings. The monoisotopic (exact) mass is 294 g/mol. The van der Waals surface area contributed by atoms with Gasteiger partial charge in [-0.3, -0.25) is 0 Å². The third-order valence-electron chi connectivity index (χ3n) is 2.81. The van der Waals surface area contributed by atoms with E-state index >= 15 is 0 Å². The molecule has 1 atom stereocenters. The summed E-state index contributed by atoms with van der Waals surface area (Å²) in [5.41, 5.74) is 1.51. The summed E-state index contributed by atoms with van der Waals surface area (Å²) in [6.45, 7) is 5.34. The largest absolute Gasteiger partial charge is 0.452 e. The molecule has 1 aromatic carbocycles. The molecule has 102 valence electrons. The van der Waals surface area contributed by atoms with Crippen LogP contribution in [-0.4, -0.2) is 22.1 Å². The van der Waals surface area contributed by atoms with Crippen LogP contribution in [0.1, 0.15) is 25.0 Å². The smallest absolute Gasteiger partial charge is 0.333 e. The highest BCUT2D eigenvalue weighted by molar-refractivity contribution is 8.17. The second-order valence-electron chi connectivity index (χ2n) is 4.48. The number of benzene rings is 1. The zero-order valence-corrected chi connectivity index (χ0v) is 12.6. The van der Waals surface area contributed by atoms with E-state index in [1.165, 1.54) is 6.42 Å². The Morgan fingerprint density at radius 1 is 1.32 bits per heavy atom. The van der Waals surface area contributed by atoms with E-state index in [9.17, 15) is 4.79 Å². The Kier molecular flexibility index (Phi) is 5.40. The number of ether oxygens (including phenoxy) is 1. The van der Waals surface area contributed by atoms with Crippen molar-refractivity contribution in [1.29, 1.82) is 0 Å². The normalized spacial score (nSPS) is 17.7. The fourth-order valence-electron chi connectivity index (χ4n) is 1.82. The summed E-state index contributed by atoms with van der Waals surface area (Å²) in [4.78, 5) is 11.8. The highest BCUT2D eigenvalue weighted by atomic mass is 32.2. The summed E-state index contributed by atoms with van der Waals surface area (Å²) in [7, 11) is 0. The highest BCUT2D eigenvalue weighted by Gasteiger charge is 2.29. The number of hydrogen-bond donors (Lipinski definition) is 0. The quantitative estimate of drug-likeness (QED) is 0.618. The van der Waals surface area contributed by atoms with Gasteiger partial charge in [0.1, 0.15) is 6.10 Å². The molecule has 19 heavy (non-hydrogen) atoms. The van der Waals surface area contributed by atoms with Crippen LogP contribution < -0.4 is 0 Å². The maximum absolute atomic E-state index is 11.8. The first-order valence-corrected chi connectivity index (χ1v) is 8.43. The van der Waals surface area contributed by atoms with E-state index in [1.54, 1.807) is 6.92 Å². The van der Waals surface area contributed by atoms with Crippen LogP contribution in [0.3, 0.4) is 0 Å². The lowest BCUT2D eigenvalue weighted by Gasteiger charge is -2.29. The standard InChI is InChI=1S/C15H18O2S2/c1-11(2)14(16)17-13(12-7-4-3-5-8-12)15-18-9-6-10-19-15/h3-5,7-8,13,15H,1,6,9-10H2,2H3. The second-order valence-corrected chi connectivity index (χ2v) is 7.28. The van der Waals surface area contributed by atoms with Gasteiger partial charge < -0.3 is 4.74 Å². The second kappa shape index (κ2) is 7.06. The molecule has 0 saturated carbocycles. The molecule has 1 heterocycles. The van der Waals surface area contributed by atoms with E-state index in [4.69, 9.17) is 4.74 Å². The van der Waals surface area contributed by atoms with Gasteiger partial charge in [0.05, 0.1) is 4.58 Å². The molecule has 0 amide bonds. The van der Waals surface area contributed by atoms with Crippen molar-refractivity contribution in [3.8, 4) is 0 Å². The Labute approximate surface area is 123 Å². The van der Waals surface area contributed by atoms with Crippen LogP contribution in [-0.2, 0) is 9.53 Å². The zero-order valence-electron chi connectivity index (χ0n) is 11.0. The van der Waals surface area contributed by atoms with Crippen LogP contribution in [0.4, 0.5) is 0 Å². The summed E-state index contributed by atoms with van der Waals surface area (Å²) < 4.78 is 5.93. The number of carbonyl (C=O) groups excluding carboxylic acids is 1. The predicted molar refractivity (Wildman–Crippen MR) is 83.4 cm³/mol.